The van der Waals surface area contributed by atoms with Gasteiger partial charge in [0.05, 0.1) is 4.90 Å². The summed E-state index contributed by atoms with van der Waals surface area (Å²) in [7, 11) is -3.93. The van der Waals surface area contributed by atoms with Crippen molar-refractivity contribution >= 4 is 38.9 Å². The van der Waals surface area contributed by atoms with Crippen LogP contribution < -0.4 is 0 Å². The van der Waals surface area contributed by atoms with Gasteiger partial charge in [-0.1, -0.05) is 11.6 Å². The van der Waals surface area contributed by atoms with Crippen LogP contribution in [-0.4, -0.2) is 40.6 Å². The van der Waals surface area contributed by atoms with Crippen molar-refractivity contribution in [2.75, 3.05) is 0 Å². The number of nitrogens with one attached hydrogen (secondary N) is 1. The molecule has 2 rings (SSSR count). The molecule has 0 unspecified atom stereocenters. The SMILES string of the molecule is O=C(O)C(=O)C=C(O)c1cc(S(=O)(=O)c2ccc(Cl)cc2)[nH]n1. The minimum atomic E-state index is -3.93. The molecule has 1 aromatic carbocycles. The molecule has 0 radical (unpaired) electrons. The van der Waals surface area contributed by atoms with Crippen LogP contribution in [0.5, 0.6) is 0 Å². The number of halogens is 1. The lowest BCUT2D eigenvalue weighted by atomic mass is 10.3. The van der Waals surface area contributed by atoms with Crippen LogP contribution >= 0.6 is 11.6 Å². The first kappa shape index (κ1) is 16.7. The summed E-state index contributed by atoms with van der Waals surface area (Å²) in [5.74, 6) is -3.90. The Morgan fingerprint density at radius 1 is 1.17 bits per heavy atom. The van der Waals surface area contributed by atoms with E-state index in [1.165, 1.54) is 24.3 Å². The van der Waals surface area contributed by atoms with Crippen LogP contribution in [0.3, 0.4) is 0 Å². The first-order chi connectivity index (χ1) is 10.7. The zero-order chi connectivity index (χ0) is 17.2. The number of carboxylic acids is 1. The molecule has 1 heterocycles. The van der Waals surface area contributed by atoms with Crippen LogP contribution in [0.4, 0.5) is 0 Å². The highest BCUT2D eigenvalue weighted by Crippen LogP contribution is 2.22. The second kappa shape index (κ2) is 6.23. The highest BCUT2D eigenvalue weighted by molar-refractivity contribution is 7.91. The van der Waals surface area contributed by atoms with Gasteiger partial charge in [-0.05, 0) is 24.3 Å². The van der Waals surface area contributed by atoms with Crippen molar-refractivity contribution in [2.24, 2.45) is 0 Å². The molecule has 0 fully saturated rings. The molecular formula is C13H9ClN2O6S. The summed E-state index contributed by atoms with van der Waals surface area (Å²) in [6, 6.07) is 6.36. The maximum atomic E-state index is 12.3. The van der Waals surface area contributed by atoms with Crippen LogP contribution in [0, 0.1) is 0 Å². The van der Waals surface area contributed by atoms with Gasteiger partial charge in [0.2, 0.25) is 9.84 Å². The van der Waals surface area contributed by atoms with Crippen molar-refractivity contribution in [3.63, 3.8) is 0 Å². The molecule has 0 aliphatic heterocycles. The highest BCUT2D eigenvalue weighted by atomic mass is 35.5. The first-order valence-electron chi connectivity index (χ1n) is 5.96. The van der Waals surface area contributed by atoms with Gasteiger partial charge in [0, 0.05) is 17.2 Å². The number of aliphatic carboxylic acids is 1. The average molecular weight is 357 g/mol. The topological polar surface area (TPSA) is 137 Å². The Labute approximate surface area is 134 Å². The lowest BCUT2D eigenvalue weighted by Crippen LogP contribution is -2.09. The number of rotatable bonds is 5. The third-order valence-electron chi connectivity index (χ3n) is 2.71. The Morgan fingerprint density at radius 2 is 1.78 bits per heavy atom. The van der Waals surface area contributed by atoms with Gasteiger partial charge in [0.25, 0.3) is 5.78 Å². The van der Waals surface area contributed by atoms with Gasteiger partial charge < -0.3 is 10.2 Å². The smallest absolute Gasteiger partial charge is 0.376 e. The number of carbonyl (C=O) groups excluding carboxylic acids is 1. The predicted octanol–water partition coefficient (Wildman–Crippen LogP) is 1.45. The molecule has 0 saturated carbocycles. The molecule has 23 heavy (non-hydrogen) atoms. The van der Waals surface area contributed by atoms with Crippen LogP contribution in [0.1, 0.15) is 5.69 Å². The molecule has 0 amide bonds. The fraction of sp³-hybridized carbons (Fsp3) is 0. The summed E-state index contributed by atoms with van der Waals surface area (Å²) in [4.78, 5) is 21.3. The molecule has 8 nitrogen and oxygen atoms in total. The number of aromatic amines is 1. The second-order valence-electron chi connectivity index (χ2n) is 4.27. The van der Waals surface area contributed by atoms with Crippen molar-refractivity contribution < 1.29 is 28.2 Å². The zero-order valence-corrected chi connectivity index (χ0v) is 12.8. The molecule has 2 aromatic rings. The molecular weight excluding hydrogens is 348 g/mol. The Hall–Kier alpha value is -2.65. The molecule has 0 atom stereocenters. The molecule has 0 spiro atoms. The lowest BCUT2D eigenvalue weighted by molar-refractivity contribution is -0.146. The van der Waals surface area contributed by atoms with Gasteiger partial charge in [0.1, 0.15) is 11.5 Å². The molecule has 10 heteroatoms. The predicted molar refractivity (Wildman–Crippen MR) is 78.7 cm³/mol. The van der Waals surface area contributed by atoms with Gasteiger partial charge in [-0.3, -0.25) is 9.89 Å². The van der Waals surface area contributed by atoms with Gasteiger partial charge in [-0.25, -0.2) is 13.2 Å². The van der Waals surface area contributed by atoms with Crippen LogP contribution in [0.25, 0.3) is 5.76 Å². The number of H-pyrrole nitrogens is 1. The van der Waals surface area contributed by atoms with Gasteiger partial charge in [0.15, 0.2) is 5.03 Å². The van der Waals surface area contributed by atoms with Crippen molar-refractivity contribution in [1.82, 2.24) is 10.2 Å². The molecule has 3 N–H and O–H groups in total. The lowest BCUT2D eigenvalue weighted by Gasteiger charge is -2.01. The zero-order valence-electron chi connectivity index (χ0n) is 11.2. The minimum Gasteiger partial charge on any atom is -0.505 e. The van der Waals surface area contributed by atoms with Crippen molar-refractivity contribution in [3.05, 3.63) is 47.1 Å². The average Bonchev–Trinajstić information content (AvgIpc) is 2.98. The largest absolute Gasteiger partial charge is 0.505 e. The number of benzene rings is 1. The monoisotopic (exact) mass is 356 g/mol. The van der Waals surface area contributed by atoms with Crippen LogP contribution in [0.2, 0.25) is 5.02 Å². The van der Waals surface area contributed by atoms with E-state index < -0.39 is 27.3 Å². The number of nitrogens with zero attached hydrogens (tertiary/aromatic N) is 1. The standard InChI is InChI=1S/C13H9ClN2O6S/c14-7-1-3-8(4-2-7)23(21,22)12-5-9(15-16-12)10(17)6-11(18)13(19)20/h1-6,17H,(H,15,16)(H,19,20). The van der Waals surface area contributed by atoms with E-state index in [-0.39, 0.29) is 15.6 Å². The summed E-state index contributed by atoms with van der Waals surface area (Å²) in [5.41, 5.74) is -0.285. The summed E-state index contributed by atoms with van der Waals surface area (Å²) in [6.07, 6.45) is 0.428. The molecule has 0 aliphatic rings. The van der Waals surface area contributed by atoms with E-state index in [0.717, 1.165) is 6.07 Å². The number of hydrogen-bond donors (Lipinski definition) is 3. The van der Waals surface area contributed by atoms with E-state index in [2.05, 4.69) is 10.2 Å². The fourth-order valence-corrected chi connectivity index (χ4v) is 2.88. The number of aliphatic hydroxyl groups is 1. The third kappa shape index (κ3) is 3.58. The van der Waals surface area contributed by atoms with Crippen LogP contribution in [-0.2, 0) is 19.4 Å². The summed E-state index contributed by atoms with van der Waals surface area (Å²) >= 11 is 5.69. The Morgan fingerprint density at radius 3 is 2.35 bits per heavy atom. The summed E-state index contributed by atoms with van der Waals surface area (Å²) < 4.78 is 24.7. The Bertz CT molecular complexity index is 899. The number of aliphatic hydroxyl groups excluding tert-OH is 1. The van der Waals surface area contributed by atoms with E-state index in [1.54, 1.807) is 0 Å². The molecule has 0 bridgehead atoms. The molecule has 1 aromatic heterocycles. The Balaban J connectivity index is 2.37. The van der Waals surface area contributed by atoms with Crippen molar-refractivity contribution in [1.29, 1.82) is 0 Å². The van der Waals surface area contributed by atoms with Gasteiger partial charge in [-0.2, -0.15) is 5.10 Å². The maximum absolute atomic E-state index is 12.3. The summed E-state index contributed by atoms with van der Waals surface area (Å²) in [6.45, 7) is 0. The number of aromatic nitrogens is 2. The van der Waals surface area contributed by atoms with E-state index in [9.17, 15) is 23.1 Å². The molecule has 0 saturated heterocycles. The van der Waals surface area contributed by atoms with E-state index in [4.69, 9.17) is 16.7 Å². The van der Waals surface area contributed by atoms with E-state index in [0.29, 0.717) is 11.1 Å². The molecule has 0 aliphatic carbocycles. The number of carboxylic acid groups (broad SMARTS) is 1. The number of ketones is 1. The number of sulfone groups is 1. The second-order valence-corrected chi connectivity index (χ2v) is 6.63. The Kier molecular flexibility index (Phi) is 4.52. The fourth-order valence-electron chi connectivity index (χ4n) is 1.57. The number of hydrogen-bond acceptors (Lipinski definition) is 6. The normalized spacial score (nSPS) is 12.1. The van der Waals surface area contributed by atoms with Gasteiger partial charge >= 0.3 is 5.97 Å². The first-order valence-corrected chi connectivity index (χ1v) is 7.82. The highest BCUT2D eigenvalue weighted by Gasteiger charge is 2.22. The number of carbonyl (C=O) groups is 2. The van der Waals surface area contributed by atoms with E-state index >= 15 is 0 Å². The quantitative estimate of drug-likeness (QED) is 0.418. The maximum Gasteiger partial charge on any atom is 0.376 e. The van der Waals surface area contributed by atoms with E-state index in [1.807, 2.05) is 0 Å². The van der Waals surface area contributed by atoms with Crippen molar-refractivity contribution in [3.8, 4) is 0 Å². The van der Waals surface area contributed by atoms with Crippen molar-refractivity contribution in [2.45, 2.75) is 9.92 Å². The third-order valence-corrected chi connectivity index (χ3v) is 4.64. The van der Waals surface area contributed by atoms with Crippen LogP contribution in [0.15, 0.2) is 46.3 Å². The van der Waals surface area contributed by atoms with Gasteiger partial charge in [-0.15, -0.1) is 0 Å². The summed E-state index contributed by atoms with van der Waals surface area (Å²) in [5, 5.41) is 23.8. The molecule has 120 valence electrons. The minimum absolute atomic E-state index is 0.0535.